The number of halogens is 3. The van der Waals surface area contributed by atoms with Crippen LogP contribution < -0.4 is 0 Å². The third kappa shape index (κ3) is 6.34. The molecule has 0 aromatic carbocycles. The fourth-order valence-corrected chi connectivity index (χ4v) is 3.25. The number of piperidine rings is 1. The summed E-state index contributed by atoms with van der Waals surface area (Å²) in [5.74, 6) is 0.623. The van der Waals surface area contributed by atoms with Gasteiger partial charge in [0.05, 0.1) is 6.42 Å². The Hall–Kier alpha value is -1.57. The van der Waals surface area contributed by atoms with Crippen molar-refractivity contribution in [2.45, 2.75) is 50.7 Å². The average molecular weight is 360 g/mol. The van der Waals surface area contributed by atoms with Crippen molar-refractivity contribution in [1.29, 1.82) is 0 Å². The fourth-order valence-electron chi connectivity index (χ4n) is 3.25. The second kappa shape index (κ2) is 8.69. The molecule has 0 radical (unpaired) electrons. The Morgan fingerprint density at radius 2 is 2.16 bits per heavy atom. The van der Waals surface area contributed by atoms with Gasteiger partial charge in [0.15, 0.2) is 0 Å². The molecule has 2 rings (SSSR count). The van der Waals surface area contributed by atoms with Crippen LogP contribution in [0.25, 0.3) is 0 Å². The Morgan fingerprint density at radius 1 is 1.40 bits per heavy atom. The normalized spacial score (nSPS) is 18.8. The molecule has 142 valence electrons. The summed E-state index contributed by atoms with van der Waals surface area (Å²) in [5.41, 5.74) is 0. The Labute approximate surface area is 146 Å². The molecule has 0 N–H and O–H groups in total. The van der Waals surface area contributed by atoms with Crippen molar-refractivity contribution in [3.8, 4) is 0 Å². The van der Waals surface area contributed by atoms with Crippen LogP contribution in [0.3, 0.4) is 0 Å². The molecule has 25 heavy (non-hydrogen) atoms. The molecule has 1 saturated heterocycles. The summed E-state index contributed by atoms with van der Waals surface area (Å²) in [6.07, 6.45) is 0.607. The van der Waals surface area contributed by atoms with Crippen molar-refractivity contribution < 1.29 is 18.0 Å². The van der Waals surface area contributed by atoms with Crippen molar-refractivity contribution in [3.63, 3.8) is 0 Å². The third-order valence-electron chi connectivity index (χ3n) is 4.51. The Bertz CT molecular complexity index is 556. The fraction of sp³-hybridized carbons (Fsp3) is 0.765. The van der Waals surface area contributed by atoms with Crippen molar-refractivity contribution in [2.24, 2.45) is 0 Å². The number of nitrogens with zero attached hydrogens (tertiary/aromatic N) is 4. The van der Waals surface area contributed by atoms with Crippen LogP contribution in [0, 0.1) is 0 Å². The molecule has 1 aromatic heterocycles. The molecule has 5 nitrogen and oxygen atoms in total. The van der Waals surface area contributed by atoms with E-state index in [1.54, 1.807) is 11.1 Å². The minimum atomic E-state index is -4.28. The van der Waals surface area contributed by atoms with Gasteiger partial charge in [-0.1, -0.05) is 0 Å². The Balaban J connectivity index is 1.92. The molecule has 0 unspecified atom stereocenters. The van der Waals surface area contributed by atoms with Crippen molar-refractivity contribution in [2.75, 3.05) is 33.7 Å². The van der Waals surface area contributed by atoms with Crippen LogP contribution in [-0.2, 0) is 11.3 Å². The van der Waals surface area contributed by atoms with Gasteiger partial charge in [0.2, 0.25) is 5.91 Å². The number of likely N-dealkylation sites (tertiary alicyclic amines) is 1. The summed E-state index contributed by atoms with van der Waals surface area (Å²) in [5, 5.41) is 0. The van der Waals surface area contributed by atoms with E-state index >= 15 is 0 Å². The maximum atomic E-state index is 12.3. The van der Waals surface area contributed by atoms with Crippen LogP contribution in [0.5, 0.6) is 0 Å². The van der Waals surface area contributed by atoms with E-state index in [0.29, 0.717) is 13.1 Å². The van der Waals surface area contributed by atoms with E-state index in [0.717, 1.165) is 38.2 Å². The molecule has 1 atom stereocenters. The summed E-state index contributed by atoms with van der Waals surface area (Å²) in [4.78, 5) is 20.2. The molecule has 1 amide bonds. The molecule has 1 aliphatic rings. The quantitative estimate of drug-likeness (QED) is 0.751. The summed E-state index contributed by atoms with van der Waals surface area (Å²) >= 11 is 0. The minimum Gasteiger partial charge on any atom is -0.342 e. The van der Waals surface area contributed by atoms with Crippen LogP contribution in [-0.4, -0.2) is 65.2 Å². The highest BCUT2D eigenvalue weighted by molar-refractivity contribution is 5.76. The van der Waals surface area contributed by atoms with E-state index in [1.807, 2.05) is 20.3 Å². The van der Waals surface area contributed by atoms with Crippen LogP contribution in [0.4, 0.5) is 13.2 Å². The molecule has 0 bridgehead atoms. The van der Waals surface area contributed by atoms with Gasteiger partial charge in [0.1, 0.15) is 5.82 Å². The van der Waals surface area contributed by atoms with E-state index < -0.39 is 24.9 Å². The number of rotatable bonds is 7. The highest BCUT2D eigenvalue weighted by Crippen LogP contribution is 2.28. The zero-order valence-electron chi connectivity index (χ0n) is 14.9. The minimum absolute atomic E-state index is 0.0953. The summed E-state index contributed by atoms with van der Waals surface area (Å²) in [6.45, 7) is 2.83. The van der Waals surface area contributed by atoms with Gasteiger partial charge in [-0.2, -0.15) is 13.2 Å². The third-order valence-corrected chi connectivity index (χ3v) is 4.51. The molecule has 0 spiro atoms. The summed E-state index contributed by atoms with van der Waals surface area (Å²) < 4.78 is 39.1. The average Bonchev–Trinajstić information content (AvgIpc) is 3.00. The smallest absolute Gasteiger partial charge is 0.342 e. The Kier molecular flexibility index (Phi) is 6.87. The number of aromatic nitrogens is 2. The molecule has 2 heterocycles. The lowest BCUT2D eigenvalue weighted by Crippen LogP contribution is -2.40. The maximum absolute atomic E-state index is 12.3. The lowest BCUT2D eigenvalue weighted by Gasteiger charge is -2.33. The number of hydrogen-bond donors (Lipinski definition) is 0. The van der Waals surface area contributed by atoms with E-state index in [2.05, 4.69) is 14.5 Å². The number of carbonyl (C=O) groups excluding carboxylic acids is 1. The van der Waals surface area contributed by atoms with Gasteiger partial charge in [-0.3, -0.25) is 4.79 Å². The molecule has 0 saturated carbocycles. The number of carbonyl (C=O) groups is 1. The van der Waals surface area contributed by atoms with Crippen molar-refractivity contribution in [3.05, 3.63) is 18.2 Å². The Morgan fingerprint density at radius 3 is 2.84 bits per heavy atom. The molecule has 1 aromatic rings. The van der Waals surface area contributed by atoms with Crippen LogP contribution in [0.15, 0.2) is 12.4 Å². The number of aryl methyl sites for hydroxylation is 1. The van der Waals surface area contributed by atoms with Crippen LogP contribution in [0.2, 0.25) is 0 Å². The first-order chi connectivity index (χ1) is 11.8. The summed E-state index contributed by atoms with van der Waals surface area (Å²) in [6, 6.07) is 0. The second-order valence-corrected chi connectivity index (χ2v) is 6.93. The van der Waals surface area contributed by atoms with Gasteiger partial charge in [0, 0.05) is 44.4 Å². The first kappa shape index (κ1) is 19.8. The van der Waals surface area contributed by atoms with Gasteiger partial charge in [-0.05, 0) is 39.9 Å². The number of amides is 1. The van der Waals surface area contributed by atoms with Gasteiger partial charge < -0.3 is 14.4 Å². The molecular weight excluding hydrogens is 333 g/mol. The standard InChI is InChI=1S/C17H27F3N4O/c1-22(2)9-4-11-23-12-8-21-16(23)14-5-3-10-24(13-14)15(25)6-7-17(18,19)20/h8,12,14H,3-7,9-11,13H2,1-2H3/t14-/m0/s1. The van der Waals surface area contributed by atoms with Crippen molar-refractivity contribution in [1.82, 2.24) is 19.4 Å². The highest BCUT2D eigenvalue weighted by atomic mass is 19.4. The predicted molar refractivity (Wildman–Crippen MR) is 89.2 cm³/mol. The lowest BCUT2D eigenvalue weighted by molar-refractivity contribution is -0.149. The van der Waals surface area contributed by atoms with Gasteiger partial charge >= 0.3 is 6.18 Å². The van der Waals surface area contributed by atoms with E-state index in [9.17, 15) is 18.0 Å². The zero-order valence-corrected chi connectivity index (χ0v) is 14.9. The predicted octanol–water partition coefficient (Wildman–Crippen LogP) is 2.88. The van der Waals surface area contributed by atoms with E-state index in [1.165, 1.54) is 0 Å². The van der Waals surface area contributed by atoms with Crippen LogP contribution in [0.1, 0.15) is 43.8 Å². The largest absolute Gasteiger partial charge is 0.389 e. The summed E-state index contributed by atoms with van der Waals surface area (Å²) in [7, 11) is 4.06. The molecular formula is C17H27F3N4O. The monoisotopic (exact) mass is 360 g/mol. The van der Waals surface area contributed by atoms with Gasteiger partial charge in [-0.25, -0.2) is 4.98 Å². The van der Waals surface area contributed by atoms with Crippen LogP contribution >= 0.6 is 0 Å². The van der Waals surface area contributed by atoms with Crippen molar-refractivity contribution >= 4 is 5.91 Å². The first-order valence-electron chi connectivity index (χ1n) is 8.76. The molecule has 1 aliphatic heterocycles. The molecule has 0 aliphatic carbocycles. The van der Waals surface area contributed by atoms with Gasteiger partial charge in [-0.15, -0.1) is 0 Å². The lowest BCUT2D eigenvalue weighted by atomic mass is 9.96. The number of alkyl halides is 3. The highest BCUT2D eigenvalue weighted by Gasteiger charge is 2.31. The first-order valence-corrected chi connectivity index (χ1v) is 8.76. The SMILES string of the molecule is CN(C)CCCn1ccnc1[C@H]1CCCN(C(=O)CCC(F)(F)F)C1. The van der Waals surface area contributed by atoms with E-state index in [-0.39, 0.29) is 5.92 Å². The molecule has 8 heteroatoms. The zero-order chi connectivity index (χ0) is 18.4. The number of hydrogen-bond acceptors (Lipinski definition) is 3. The number of imidazole rings is 1. The topological polar surface area (TPSA) is 41.4 Å². The second-order valence-electron chi connectivity index (χ2n) is 6.93. The van der Waals surface area contributed by atoms with E-state index in [4.69, 9.17) is 0 Å². The maximum Gasteiger partial charge on any atom is 0.389 e. The van der Waals surface area contributed by atoms with Gasteiger partial charge in [0.25, 0.3) is 0 Å². The molecule has 1 fully saturated rings.